The molecule has 0 aliphatic heterocycles. The van der Waals surface area contributed by atoms with Crippen LogP contribution in [-0.4, -0.2) is 23.1 Å². The van der Waals surface area contributed by atoms with Crippen LogP contribution in [0.25, 0.3) is 0 Å². The summed E-state index contributed by atoms with van der Waals surface area (Å²) < 4.78 is 0. The van der Waals surface area contributed by atoms with E-state index in [1.807, 2.05) is 13.8 Å². The zero-order valence-electron chi connectivity index (χ0n) is 8.13. The van der Waals surface area contributed by atoms with Crippen molar-refractivity contribution < 1.29 is 14.8 Å². The molecule has 0 radical (unpaired) electrons. The number of carbonyl (C=O) groups excluding carboxylic acids is 2. The normalized spacial score (nSPS) is 12.4. The Hall–Kier alpha value is -1.10. The van der Waals surface area contributed by atoms with Gasteiger partial charge in [-0.2, -0.15) is 0 Å². The largest absolute Gasteiger partial charge is 0.344 e. The molecule has 76 valence electrons. The van der Waals surface area contributed by atoms with Crippen LogP contribution in [0, 0.1) is 5.92 Å². The van der Waals surface area contributed by atoms with E-state index in [0.717, 1.165) is 0 Å². The van der Waals surface area contributed by atoms with Gasteiger partial charge in [-0.1, -0.05) is 13.8 Å². The van der Waals surface area contributed by atoms with Crippen molar-refractivity contribution >= 4 is 11.8 Å². The van der Waals surface area contributed by atoms with E-state index in [9.17, 15) is 9.59 Å². The molecule has 0 heterocycles. The van der Waals surface area contributed by atoms with Crippen LogP contribution in [0.2, 0.25) is 0 Å². The molecule has 3 N–H and O–H groups in total. The molecule has 0 spiro atoms. The number of rotatable bonds is 4. The van der Waals surface area contributed by atoms with E-state index < -0.39 is 11.9 Å². The topological polar surface area (TPSA) is 78.4 Å². The minimum absolute atomic E-state index is 0.272. The van der Waals surface area contributed by atoms with E-state index in [-0.39, 0.29) is 11.8 Å². The average Bonchev–Trinajstić information content (AvgIpc) is 2.00. The van der Waals surface area contributed by atoms with Gasteiger partial charge < -0.3 is 5.32 Å². The van der Waals surface area contributed by atoms with Gasteiger partial charge in [0, 0.05) is 6.92 Å². The number of nitrogens with one attached hydrogen (secondary N) is 2. The highest BCUT2D eigenvalue weighted by atomic mass is 16.5. The Morgan fingerprint density at radius 3 is 2.23 bits per heavy atom. The summed E-state index contributed by atoms with van der Waals surface area (Å²) in [7, 11) is 0. The molecule has 0 aromatic rings. The molecule has 2 amide bonds. The van der Waals surface area contributed by atoms with Crippen LogP contribution in [0.5, 0.6) is 0 Å². The summed E-state index contributed by atoms with van der Waals surface area (Å²) >= 11 is 0. The molecular weight excluding hydrogens is 172 g/mol. The predicted molar refractivity (Wildman–Crippen MR) is 47.0 cm³/mol. The molecule has 0 aliphatic rings. The van der Waals surface area contributed by atoms with Gasteiger partial charge in [0.05, 0.1) is 0 Å². The number of hydroxylamine groups is 1. The van der Waals surface area contributed by atoms with Crippen LogP contribution < -0.4 is 10.8 Å². The highest BCUT2D eigenvalue weighted by molar-refractivity contribution is 5.85. The molecule has 1 unspecified atom stereocenters. The van der Waals surface area contributed by atoms with Gasteiger partial charge in [0.15, 0.2) is 0 Å². The fourth-order valence-corrected chi connectivity index (χ4v) is 1.03. The maximum atomic E-state index is 11.0. The Morgan fingerprint density at radius 1 is 1.38 bits per heavy atom. The zero-order chi connectivity index (χ0) is 10.4. The standard InChI is InChI=1S/C8H16N2O3/c1-5(2)4-7(8(12)10-13)9-6(3)11/h5,7,13H,4H2,1-3H3,(H,9,11)(H,10,12). The number of carbonyl (C=O) groups is 2. The summed E-state index contributed by atoms with van der Waals surface area (Å²) in [5.74, 6) is -0.590. The molecule has 0 aromatic heterocycles. The van der Waals surface area contributed by atoms with Crippen molar-refractivity contribution in [1.29, 1.82) is 0 Å². The first-order valence-corrected chi connectivity index (χ1v) is 4.18. The number of hydrogen-bond acceptors (Lipinski definition) is 3. The molecule has 5 heteroatoms. The van der Waals surface area contributed by atoms with E-state index >= 15 is 0 Å². The Kier molecular flexibility index (Phi) is 5.06. The van der Waals surface area contributed by atoms with Gasteiger partial charge in [0.25, 0.3) is 5.91 Å². The van der Waals surface area contributed by atoms with E-state index in [0.29, 0.717) is 6.42 Å². The lowest BCUT2D eigenvalue weighted by atomic mass is 10.0. The van der Waals surface area contributed by atoms with Crippen molar-refractivity contribution in [2.75, 3.05) is 0 Å². The van der Waals surface area contributed by atoms with E-state index in [4.69, 9.17) is 5.21 Å². The lowest BCUT2D eigenvalue weighted by Gasteiger charge is -2.17. The smallest absolute Gasteiger partial charge is 0.265 e. The van der Waals surface area contributed by atoms with Crippen molar-refractivity contribution in [3.05, 3.63) is 0 Å². The lowest BCUT2D eigenvalue weighted by Crippen LogP contribution is -2.45. The Morgan fingerprint density at radius 2 is 1.92 bits per heavy atom. The van der Waals surface area contributed by atoms with Gasteiger partial charge in [-0.3, -0.25) is 14.8 Å². The van der Waals surface area contributed by atoms with Crippen molar-refractivity contribution in [3.8, 4) is 0 Å². The van der Waals surface area contributed by atoms with Crippen LogP contribution >= 0.6 is 0 Å². The zero-order valence-corrected chi connectivity index (χ0v) is 8.13. The molecule has 13 heavy (non-hydrogen) atoms. The molecule has 1 atom stereocenters. The first-order chi connectivity index (χ1) is 5.97. The Bertz CT molecular complexity index is 192. The van der Waals surface area contributed by atoms with Crippen molar-refractivity contribution in [2.24, 2.45) is 5.92 Å². The van der Waals surface area contributed by atoms with Crippen LogP contribution in [0.4, 0.5) is 0 Å². The number of hydrogen-bond donors (Lipinski definition) is 3. The quantitative estimate of drug-likeness (QED) is 0.430. The summed E-state index contributed by atoms with van der Waals surface area (Å²) in [5.41, 5.74) is 1.52. The van der Waals surface area contributed by atoms with E-state index in [1.165, 1.54) is 12.4 Å². The maximum absolute atomic E-state index is 11.0. The molecule has 0 saturated heterocycles. The molecule has 0 aliphatic carbocycles. The molecule has 5 nitrogen and oxygen atoms in total. The average molecular weight is 188 g/mol. The summed E-state index contributed by atoms with van der Waals surface area (Å²) in [6, 6.07) is -0.650. The summed E-state index contributed by atoms with van der Waals surface area (Å²) in [6.45, 7) is 5.19. The van der Waals surface area contributed by atoms with Crippen LogP contribution in [-0.2, 0) is 9.59 Å². The van der Waals surface area contributed by atoms with Gasteiger partial charge in [-0.05, 0) is 12.3 Å². The monoisotopic (exact) mass is 188 g/mol. The van der Waals surface area contributed by atoms with Crippen LogP contribution in [0.1, 0.15) is 27.2 Å². The molecule has 0 saturated carbocycles. The lowest BCUT2D eigenvalue weighted by molar-refractivity contribution is -0.134. The third-order valence-corrected chi connectivity index (χ3v) is 1.51. The summed E-state index contributed by atoms with van der Waals surface area (Å²) in [6.07, 6.45) is 0.506. The summed E-state index contributed by atoms with van der Waals surface area (Å²) in [5, 5.41) is 10.8. The fourth-order valence-electron chi connectivity index (χ4n) is 1.03. The van der Waals surface area contributed by atoms with Crippen molar-refractivity contribution in [3.63, 3.8) is 0 Å². The third kappa shape index (κ3) is 5.19. The first-order valence-electron chi connectivity index (χ1n) is 4.18. The molecular formula is C8H16N2O3. The highest BCUT2D eigenvalue weighted by Gasteiger charge is 2.19. The highest BCUT2D eigenvalue weighted by Crippen LogP contribution is 2.04. The second-order valence-corrected chi connectivity index (χ2v) is 3.36. The van der Waals surface area contributed by atoms with Crippen LogP contribution in [0.15, 0.2) is 0 Å². The second kappa shape index (κ2) is 5.53. The minimum atomic E-state index is -0.650. The minimum Gasteiger partial charge on any atom is -0.344 e. The van der Waals surface area contributed by atoms with Crippen molar-refractivity contribution in [1.82, 2.24) is 10.8 Å². The van der Waals surface area contributed by atoms with E-state index in [1.54, 1.807) is 0 Å². The third-order valence-electron chi connectivity index (χ3n) is 1.51. The molecule has 0 rings (SSSR count). The van der Waals surface area contributed by atoms with Gasteiger partial charge >= 0.3 is 0 Å². The Balaban J connectivity index is 4.18. The summed E-state index contributed by atoms with van der Waals surface area (Å²) in [4.78, 5) is 21.7. The molecule has 0 bridgehead atoms. The SMILES string of the molecule is CC(=O)NC(CC(C)C)C(=O)NO. The van der Waals surface area contributed by atoms with Gasteiger partial charge in [0.2, 0.25) is 5.91 Å². The molecule has 0 aromatic carbocycles. The Labute approximate surface area is 77.5 Å². The second-order valence-electron chi connectivity index (χ2n) is 3.36. The maximum Gasteiger partial charge on any atom is 0.265 e. The van der Waals surface area contributed by atoms with Gasteiger partial charge in [0.1, 0.15) is 6.04 Å². The van der Waals surface area contributed by atoms with Crippen molar-refractivity contribution in [2.45, 2.75) is 33.2 Å². The van der Waals surface area contributed by atoms with E-state index in [2.05, 4.69) is 5.32 Å². The van der Waals surface area contributed by atoms with Crippen LogP contribution in [0.3, 0.4) is 0 Å². The number of amides is 2. The predicted octanol–water partition coefficient (Wildman–Crippen LogP) is 0.0426. The molecule has 0 fully saturated rings. The fraction of sp³-hybridized carbons (Fsp3) is 0.750. The first kappa shape index (κ1) is 11.9. The van der Waals surface area contributed by atoms with Gasteiger partial charge in [-0.25, -0.2) is 5.48 Å². The van der Waals surface area contributed by atoms with Gasteiger partial charge in [-0.15, -0.1) is 0 Å².